The number of hydrogen-bond donors (Lipinski definition) is 1. The number of ether oxygens (including phenoxy) is 1. The van der Waals surface area contributed by atoms with Crippen molar-refractivity contribution in [3.8, 4) is 0 Å². The summed E-state index contributed by atoms with van der Waals surface area (Å²) in [6, 6.07) is 4.60. The van der Waals surface area contributed by atoms with Gasteiger partial charge in [0.05, 0.1) is 18.1 Å². The summed E-state index contributed by atoms with van der Waals surface area (Å²) in [5.74, 6) is -3.58. The third-order valence-electron chi connectivity index (χ3n) is 3.60. The number of rotatable bonds is 3. The Morgan fingerprint density at radius 1 is 1.05 bits per heavy atom. The number of fused-ring (bicyclic) bond motifs is 2. The Kier molecular flexibility index (Phi) is 3.65. The lowest BCUT2D eigenvalue weighted by atomic mass is 9.82. The molecule has 1 N–H and O–H groups in total. The van der Waals surface area contributed by atoms with Crippen LogP contribution in [0.25, 0.3) is 0 Å². The van der Waals surface area contributed by atoms with E-state index in [0.29, 0.717) is 15.7 Å². The van der Waals surface area contributed by atoms with E-state index < -0.39 is 35.9 Å². The van der Waals surface area contributed by atoms with Crippen molar-refractivity contribution in [2.45, 2.75) is 12.2 Å². The van der Waals surface area contributed by atoms with E-state index in [2.05, 4.69) is 5.32 Å². The van der Waals surface area contributed by atoms with Gasteiger partial charge in [-0.1, -0.05) is 35.4 Å². The Balaban J connectivity index is 1.82. The summed E-state index contributed by atoms with van der Waals surface area (Å²) in [5, 5.41) is 14.6. The smallest absolute Gasteiger partial charge is 0.231 e. The lowest BCUT2D eigenvalue weighted by molar-refractivity contribution is -0.313. The molecule has 3 rings (SSSR count). The molecule has 0 saturated carbocycles. The van der Waals surface area contributed by atoms with Gasteiger partial charge < -0.3 is 20.0 Å². The molecule has 1 saturated heterocycles. The van der Waals surface area contributed by atoms with Crippen LogP contribution >= 0.6 is 23.2 Å². The second-order valence-corrected chi connectivity index (χ2v) is 5.84. The number of halogens is 2. The number of hydrogen-bond acceptors (Lipinski definition) is 4. The number of benzene rings is 1. The number of carbonyl (C=O) groups is 2. The minimum atomic E-state index is -1.30. The minimum absolute atomic E-state index is 0.373. The summed E-state index contributed by atoms with van der Waals surface area (Å²) in [6.45, 7) is 0. The first-order chi connectivity index (χ1) is 9.95. The minimum Gasteiger partial charge on any atom is -0.550 e. The fraction of sp³-hybridized carbons (Fsp3) is 0.286. The highest BCUT2D eigenvalue weighted by molar-refractivity contribution is 6.35. The van der Waals surface area contributed by atoms with Gasteiger partial charge in [0.2, 0.25) is 5.91 Å². The molecule has 1 fully saturated rings. The molecular formula is C14H10Cl2NO4-. The van der Waals surface area contributed by atoms with Crippen molar-refractivity contribution in [1.29, 1.82) is 0 Å². The average Bonchev–Trinajstić information content (AvgIpc) is 2.96. The van der Waals surface area contributed by atoms with Crippen molar-refractivity contribution >= 4 is 40.8 Å². The fourth-order valence-corrected chi connectivity index (χ4v) is 3.28. The first-order valence-corrected chi connectivity index (χ1v) is 7.03. The lowest BCUT2D eigenvalue weighted by Gasteiger charge is -2.25. The highest BCUT2D eigenvalue weighted by Gasteiger charge is 2.50. The van der Waals surface area contributed by atoms with Crippen LogP contribution in [0.3, 0.4) is 0 Å². The molecule has 4 atom stereocenters. The Morgan fingerprint density at radius 2 is 1.62 bits per heavy atom. The summed E-state index contributed by atoms with van der Waals surface area (Å²) in [5.41, 5.74) is 0.404. The third-order valence-corrected chi connectivity index (χ3v) is 4.04. The van der Waals surface area contributed by atoms with Crippen LogP contribution in [0.15, 0.2) is 30.4 Å². The number of nitrogens with one attached hydrogen (secondary N) is 1. The van der Waals surface area contributed by atoms with Gasteiger partial charge in [-0.25, -0.2) is 0 Å². The van der Waals surface area contributed by atoms with Gasteiger partial charge in [-0.05, 0) is 18.2 Å². The van der Waals surface area contributed by atoms with Crippen LogP contribution in [-0.4, -0.2) is 24.1 Å². The molecule has 110 valence electrons. The normalized spacial score (nSPS) is 29.6. The molecule has 0 aromatic heterocycles. The van der Waals surface area contributed by atoms with E-state index in [0.717, 1.165) is 0 Å². The maximum absolute atomic E-state index is 12.3. The zero-order chi connectivity index (χ0) is 15.1. The molecule has 2 aliphatic heterocycles. The maximum atomic E-state index is 12.3. The highest BCUT2D eigenvalue weighted by Crippen LogP contribution is 2.39. The maximum Gasteiger partial charge on any atom is 0.231 e. The molecule has 0 radical (unpaired) electrons. The van der Waals surface area contributed by atoms with Crippen LogP contribution in [0.2, 0.25) is 10.0 Å². The second kappa shape index (κ2) is 5.33. The summed E-state index contributed by atoms with van der Waals surface area (Å²) < 4.78 is 5.42. The number of carboxylic acids is 1. The molecule has 2 heterocycles. The van der Waals surface area contributed by atoms with Gasteiger partial charge in [0.1, 0.15) is 0 Å². The van der Waals surface area contributed by atoms with Crippen LogP contribution < -0.4 is 10.4 Å². The molecule has 1 amide bonds. The van der Waals surface area contributed by atoms with Crippen molar-refractivity contribution < 1.29 is 19.4 Å². The van der Waals surface area contributed by atoms with E-state index >= 15 is 0 Å². The first kappa shape index (κ1) is 14.4. The van der Waals surface area contributed by atoms with Gasteiger partial charge in [0.15, 0.2) is 0 Å². The number of carboxylic acid groups (broad SMARTS) is 1. The molecular weight excluding hydrogens is 317 g/mol. The van der Waals surface area contributed by atoms with Gasteiger partial charge in [-0.2, -0.15) is 0 Å². The summed E-state index contributed by atoms with van der Waals surface area (Å²) >= 11 is 11.7. The fourth-order valence-electron chi connectivity index (χ4n) is 2.75. The van der Waals surface area contributed by atoms with Crippen LogP contribution in [0, 0.1) is 11.8 Å². The lowest BCUT2D eigenvalue weighted by Crippen LogP contribution is -2.45. The van der Waals surface area contributed by atoms with Gasteiger partial charge in [-0.15, -0.1) is 0 Å². The quantitative estimate of drug-likeness (QED) is 0.848. The molecule has 0 aliphatic carbocycles. The van der Waals surface area contributed by atoms with Crippen molar-refractivity contribution in [2.24, 2.45) is 11.8 Å². The second-order valence-electron chi connectivity index (χ2n) is 4.97. The molecule has 1 aromatic rings. The molecule has 5 nitrogen and oxygen atoms in total. The Hall–Kier alpha value is -1.56. The predicted octanol–water partition coefficient (Wildman–Crippen LogP) is 1.25. The van der Waals surface area contributed by atoms with Gasteiger partial charge in [-0.3, -0.25) is 4.79 Å². The largest absolute Gasteiger partial charge is 0.550 e. The van der Waals surface area contributed by atoms with Crippen molar-refractivity contribution in [3.63, 3.8) is 0 Å². The van der Waals surface area contributed by atoms with E-state index in [9.17, 15) is 14.7 Å². The van der Waals surface area contributed by atoms with Gasteiger partial charge in [0.25, 0.3) is 0 Å². The summed E-state index contributed by atoms with van der Waals surface area (Å²) in [6.07, 6.45) is 2.18. The highest BCUT2D eigenvalue weighted by atomic mass is 35.5. The van der Waals surface area contributed by atoms with Crippen LogP contribution in [0.1, 0.15) is 0 Å². The first-order valence-electron chi connectivity index (χ1n) is 6.27. The molecule has 0 spiro atoms. The monoisotopic (exact) mass is 326 g/mol. The van der Waals surface area contributed by atoms with Crippen molar-refractivity contribution in [3.05, 3.63) is 40.4 Å². The topological polar surface area (TPSA) is 78.5 Å². The Morgan fingerprint density at radius 3 is 2.19 bits per heavy atom. The standard InChI is InChI=1S/C14H11Cl2NO4/c15-6-3-7(16)5-8(4-6)17-13(18)11-9-1-2-10(21-9)12(11)14(19)20/h1-5,9-12H,(H,17,18)(H,19,20)/p-1/t9-,10+,11-,12-/m0/s1. The Labute approximate surface area is 130 Å². The number of carbonyl (C=O) groups excluding carboxylic acids is 2. The number of amides is 1. The molecule has 21 heavy (non-hydrogen) atoms. The Bertz CT molecular complexity index is 626. The number of anilines is 1. The molecule has 7 heteroatoms. The zero-order valence-electron chi connectivity index (χ0n) is 10.6. The van der Waals surface area contributed by atoms with E-state index in [1.807, 2.05) is 0 Å². The van der Waals surface area contributed by atoms with Crippen LogP contribution in [-0.2, 0) is 14.3 Å². The molecule has 2 aliphatic rings. The van der Waals surface area contributed by atoms with E-state index in [1.54, 1.807) is 12.2 Å². The van der Waals surface area contributed by atoms with Crippen LogP contribution in [0.5, 0.6) is 0 Å². The average molecular weight is 327 g/mol. The van der Waals surface area contributed by atoms with Gasteiger partial charge in [0, 0.05) is 27.6 Å². The predicted molar refractivity (Wildman–Crippen MR) is 74.9 cm³/mol. The zero-order valence-corrected chi connectivity index (χ0v) is 12.1. The van der Waals surface area contributed by atoms with E-state index in [4.69, 9.17) is 27.9 Å². The van der Waals surface area contributed by atoms with E-state index in [-0.39, 0.29) is 0 Å². The number of aliphatic carboxylic acids is 1. The van der Waals surface area contributed by atoms with E-state index in [1.165, 1.54) is 18.2 Å². The SMILES string of the molecule is O=C(Nc1cc(Cl)cc(Cl)c1)[C@@H]1[C@@H](C(=O)[O-])[C@H]2C=C[C@@H]1O2. The van der Waals surface area contributed by atoms with Gasteiger partial charge >= 0.3 is 0 Å². The molecule has 0 unspecified atom stereocenters. The van der Waals surface area contributed by atoms with Crippen LogP contribution in [0.4, 0.5) is 5.69 Å². The summed E-state index contributed by atoms with van der Waals surface area (Å²) in [7, 11) is 0. The van der Waals surface area contributed by atoms with Crippen molar-refractivity contribution in [1.82, 2.24) is 0 Å². The van der Waals surface area contributed by atoms with Crippen molar-refractivity contribution in [2.75, 3.05) is 5.32 Å². The molecule has 2 bridgehead atoms. The third kappa shape index (κ3) is 2.64. The summed E-state index contributed by atoms with van der Waals surface area (Å²) in [4.78, 5) is 23.6. The molecule has 1 aromatic carbocycles.